The number of hydrogen-bond acceptors (Lipinski definition) is 6. The average molecular weight is 395 g/mol. The fraction of sp³-hybridized carbons (Fsp3) is 0.190. The summed E-state index contributed by atoms with van der Waals surface area (Å²) in [6.45, 7) is 6.12. The zero-order valence-corrected chi connectivity index (χ0v) is 16.7. The second-order valence-corrected chi connectivity index (χ2v) is 7.11. The molecule has 0 unspecified atom stereocenters. The summed E-state index contributed by atoms with van der Waals surface area (Å²) < 4.78 is 6.75. The Morgan fingerprint density at radius 1 is 1.14 bits per heavy atom. The Balaban J connectivity index is 1.80. The minimum atomic E-state index is -0.229. The molecule has 1 heterocycles. The van der Waals surface area contributed by atoms with E-state index in [0.29, 0.717) is 17.5 Å². The molecule has 0 atom stereocenters. The second-order valence-electron chi connectivity index (χ2n) is 6.16. The summed E-state index contributed by atoms with van der Waals surface area (Å²) >= 11 is 1.46. The Bertz CT molecular complexity index is 998. The first-order valence-electron chi connectivity index (χ1n) is 8.78. The van der Waals surface area contributed by atoms with Crippen LogP contribution in [0, 0.1) is 6.92 Å². The molecule has 0 fully saturated rings. The van der Waals surface area contributed by atoms with Crippen molar-refractivity contribution in [3.63, 3.8) is 0 Å². The van der Waals surface area contributed by atoms with E-state index < -0.39 is 0 Å². The standard InChI is InChI=1S/C21H22N4O2S/c1-4-13-25-20(26)19(22-17-9-5-15(2)6-10-17)23-24-21(25)28-14-16-7-11-18(27-3)12-8-16/h4-12H,1,13-14H2,2-3H3,(H,22,23). The Labute approximate surface area is 168 Å². The molecule has 3 aromatic rings. The van der Waals surface area contributed by atoms with Gasteiger partial charge in [-0.05, 0) is 36.8 Å². The van der Waals surface area contributed by atoms with Gasteiger partial charge in [0, 0.05) is 18.0 Å². The van der Waals surface area contributed by atoms with Gasteiger partial charge < -0.3 is 10.1 Å². The number of aryl methyl sites for hydroxylation is 1. The summed E-state index contributed by atoms with van der Waals surface area (Å²) in [5.41, 5.74) is 2.81. The number of rotatable bonds is 8. The molecule has 144 valence electrons. The van der Waals surface area contributed by atoms with Crippen molar-refractivity contribution in [1.82, 2.24) is 14.8 Å². The van der Waals surface area contributed by atoms with Crippen LogP contribution in [0.2, 0.25) is 0 Å². The van der Waals surface area contributed by atoms with Crippen LogP contribution in [0.4, 0.5) is 11.5 Å². The summed E-state index contributed by atoms with van der Waals surface area (Å²) in [6, 6.07) is 15.5. The highest BCUT2D eigenvalue weighted by Crippen LogP contribution is 2.22. The van der Waals surface area contributed by atoms with Gasteiger partial charge in [-0.2, -0.15) is 0 Å². The van der Waals surface area contributed by atoms with Crippen molar-refractivity contribution < 1.29 is 4.74 Å². The highest BCUT2D eigenvalue weighted by molar-refractivity contribution is 7.98. The van der Waals surface area contributed by atoms with Crippen LogP contribution in [0.5, 0.6) is 5.75 Å². The molecule has 0 aliphatic rings. The lowest BCUT2D eigenvalue weighted by Crippen LogP contribution is -2.26. The van der Waals surface area contributed by atoms with Gasteiger partial charge in [-0.25, -0.2) is 0 Å². The third kappa shape index (κ3) is 4.80. The third-order valence-corrected chi connectivity index (χ3v) is 5.11. The first kappa shape index (κ1) is 19.7. The van der Waals surface area contributed by atoms with Crippen molar-refractivity contribution in [2.45, 2.75) is 24.4 Å². The molecular formula is C21H22N4O2S. The molecule has 2 aromatic carbocycles. The molecule has 0 aliphatic heterocycles. The summed E-state index contributed by atoms with van der Waals surface area (Å²) in [7, 11) is 1.64. The zero-order valence-electron chi connectivity index (χ0n) is 15.9. The maximum absolute atomic E-state index is 12.9. The number of anilines is 2. The van der Waals surface area contributed by atoms with E-state index in [2.05, 4.69) is 22.1 Å². The first-order chi connectivity index (χ1) is 13.6. The summed E-state index contributed by atoms with van der Waals surface area (Å²) in [5, 5.41) is 12.0. The van der Waals surface area contributed by atoms with E-state index in [1.165, 1.54) is 11.8 Å². The van der Waals surface area contributed by atoms with Gasteiger partial charge in [0.05, 0.1) is 7.11 Å². The largest absolute Gasteiger partial charge is 0.497 e. The van der Waals surface area contributed by atoms with Crippen LogP contribution in [0.1, 0.15) is 11.1 Å². The van der Waals surface area contributed by atoms with Crippen LogP contribution < -0.4 is 15.6 Å². The quantitative estimate of drug-likeness (QED) is 0.457. The minimum Gasteiger partial charge on any atom is -0.497 e. The number of benzene rings is 2. The van der Waals surface area contributed by atoms with Crippen molar-refractivity contribution >= 4 is 23.3 Å². The molecule has 0 aliphatic carbocycles. The lowest BCUT2D eigenvalue weighted by molar-refractivity contribution is 0.414. The smallest absolute Gasteiger partial charge is 0.297 e. The molecule has 3 rings (SSSR count). The van der Waals surface area contributed by atoms with Gasteiger partial charge in [-0.1, -0.05) is 47.7 Å². The Kier molecular flexibility index (Phi) is 6.49. The molecule has 1 N–H and O–H groups in total. The third-order valence-electron chi connectivity index (χ3n) is 4.07. The van der Waals surface area contributed by atoms with Gasteiger partial charge in [-0.15, -0.1) is 16.8 Å². The number of aromatic nitrogens is 3. The number of nitrogens with one attached hydrogen (secondary N) is 1. The molecule has 0 bridgehead atoms. The Morgan fingerprint density at radius 2 is 1.86 bits per heavy atom. The lowest BCUT2D eigenvalue weighted by atomic mass is 10.2. The van der Waals surface area contributed by atoms with E-state index in [0.717, 1.165) is 22.6 Å². The first-order valence-corrected chi connectivity index (χ1v) is 9.77. The van der Waals surface area contributed by atoms with Crippen molar-refractivity contribution in [1.29, 1.82) is 0 Å². The molecular weight excluding hydrogens is 372 g/mol. The lowest BCUT2D eigenvalue weighted by Gasteiger charge is -2.12. The number of hydrogen-bond donors (Lipinski definition) is 1. The van der Waals surface area contributed by atoms with Gasteiger partial charge in [-0.3, -0.25) is 9.36 Å². The summed E-state index contributed by atoms with van der Waals surface area (Å²) in [6.07, 6.45) is 1.68. The molecule has 0 saturated heterocycles. The molecule has 28 heavy (non-hydrogen) atoms. The van der Waals surface area contributed by atoms with E-state index in [1.807, 2.05) is 55.5 Å². The van der Waals surface area contributed by atoms with Gasteiger partial charge in [0.15, 0.2) is 5.16 Å². The van der Waals surface area contributed by atoms with Crippen molar-refractivity contribution in [2.24, 2.45) is 0 Å². The average Bonchev–Trinajstić information content (AvgIpc) is 2.72. The number of ether oxygens (including phenoxy) is 1. The Hall–Kier alpha value is -3.06. The van der Waals surface area contributed by atoms with E-state index >= 15 is 0 Å². The fourth-order valence-electron chi connectivity index (χ4n) is 2.52. The molecule has 0 spiro atoms. The van der Waals surface area contributed by atoms with Gasteiger partial charge in [0.25, 0.3) is 5.56 Å². The van der Waals surface area contributed by atoms with Crippen LogP contribution in [0.15, 0.2) is 71.1 Å². The van der Waals surface area contributed by atoms with Crippen LogP contribution in [0.3, 0.4) is 0 Å². The van der Waals surface area contributed by atoms with E-state index in [1.54, 1.807) is 17.8 Å². The Morgan fingerprint density at radius 3 is 2.50 bits per heavy atom. The van der Waals surface area contributed by atoms with Crippen LogP contribution in [0.25, 0.3) is 0 Å². The fourth-order valence-corrected chi connectivity index (χ4v) is 3.42. The maximum Gasteiger partial charge on any atom is 0.297 e. The number of methoxy groups -OCH3 is 1. The number of nitrogens with zero attached hydrogens (tertiary/aromatic N) is 3. The summed E-state index contributed by atoms with van der Waals surface area (Å²) in [4.78, 5) is 12.9. The van der Waals surface area contributed by atoms with Gasteiger partial charge >= 0.3 is 0 Å². The monoisotopic (exact) mass is 394 g/mol. The highest BCUT2D eigenvalue weighted by atomic mass is 32.2. The minimum absolute atomic E-state index is 0.194. The van der Waals surface area contributed by atoms with E-state index in [4.69, 9.17) is 4.74 Å². The highest BCUT2D eigenvalue weighted by Gasteiger charge is 2.12. The van der Waals surface area contributed by atoms with Crippen molar-refractivity contribution in [3.05, 3.63) is 82.7 Å². The molecule has 0 saturated carbocycles. The van der Waals surface area contributed by atoms with Gasteiger partial charge in [0.1, 0.15) is 5.75 Å². The van der Waals surface area contributed by atoms with Crippen LogP contribution in [-0.4, -0.2) is 21.9 Å². The van der Waals surface area contributed by atoms with Crippen LogP contribution >= 0.6 is 11.8 Å². The maximum atomic E-state index is 12.9. The van der Waals surface area contributed by atoms with E-state index in [-0.39, 0.29) is 11.4 Å². The second kappa shape index (κ2) is 9.23. The predicted octanol–water partition coefficient (Wildman–Crippen LogP) is 4.18. The molecule has 1 aromatic heterocycles. The van der Waals surface area contributed by atoms with E-state index in [9.17, 15) is 4.79 Å². The SMILES string of the molecule is C=CCn1c(SCc2ccc(OC)cc2)nnc(Nc2ccc(C)cc2)c1=O. The molecule has 7 heteroatoms. The normalized spacial score (nSPS) is 10.5. The molecule has 6 nitrogen and oxygen atoms in total. The molecule has 0 radical (unpaired) electrons. The molecule has 0 amide bonds. The topological polar surface area (TPSA) is 69.0 Å². The van der Waals surface area contributed by atoms with Crippen LogP contribution in [-0.2, 0) is 12.3 Å². The van der Waals surface area contributed by atoms with Crippen molar-refractivity contribution in [3.8, 4) is 5.75 Å². The predicted molar refractivity (Wildman–Crippen MR) is 114 cm³/mol. The zero-order chi connectivity index (χ0) is 19.9. The van der Waals surface area contributed by atoms with Crippen molar-refractivity contribution in [2.75, 3.05) is 12.4 Å². The number of allylic oxidation sites excluding steroid dienone is 1. The number of thioether (sulfide) groups is 1. The van der Waals surface area contributed by atoms with Gasteiger partial charge in [0.2, 0.25) is 5.82 Å². The summed E-state index contributed by atoms with van der Waals surface area (Å²) in [5.74, 6) is 1.67.